The molecule has 0 radical (unpaired) electrons. The summed E-state index contributed by atoms with van der Waals surface area (Å²) in [5.41, 5.74) is 2.70. The number of ether oxygens (including phenoxy) is 5. The third-order valence-corrected chi connectivity index (χ3v) is 5.49. The second-order valence-corrected chi connectivity index (χ2v) is 8.69. The van der Waals surface area contributed by atoms with Crippen LogP contribution in [-0.4, -0.2) is 37.7 Å². The molecule has 0 heterocycles. The Balaban J connectivity index is 1.43. The fourth-order valence-electron chi connectivity index (χ4n) is 3.41. The fraction of sp³-hybridized carbons (Fsp3) is 0.219. The van der Waals surface area contributed by atoms with E-state index in [9.17, 15) is 14.4 Å². The molecule has 8 heteroatoms. The number of rotatable bonds is 15. The number of carbonyl (C=O) groups is 3. The highest BCUT2D eigenvalue weighted by Gasteiger charge is 2.10. The van der Waals surface area contributed by atoms with Crippen LogP contribution >= 0.6 is 0 Å². The fourth-order valence-corrected chi connectivity index (χ4v) is 3.41. The number of benzene rings is 3. The first-order chi connectivity index (χ1) is 19.4. The molecule has 0 atom stereocenters. The Bertz CT molecular complexity index is 1290. The first-order valence-electron chi connectivity index (χ1n) is 12.8. The molecular weight excluding hydrogens is 512 g/mol. The maximum atomic E-state index is 12.6. The number of carbonyl (C=O) groups excluding carboxylic acids is 3. The topological polar surface area (TPSA) is 97.4 Å². The largest absolute Gasteiger partial charge is 0.494 e. The van der Waals surface area contributed by atoms with Crippen molar-refractivity contribution in [1.82, 2.24) is 0 Å². The quantitative estimate of drug-likeness (QED) is 0.0722. The molecule has 0 spiro atoms. The molecule has 0 saturated carbocycles. The van der Waals surface area contributed by atoms with Gasteiger partial charge in [-0.2, -0.15) is 0 Å². The van der Waals surface area contributed by atoms with Gasteiger partial charge in [0.15, 0.2) is 0 Å². The highest BCUT2D eigenvalue weighted by atomic mass is 16.5. The van der Waals surface area contributed by atoms with Crippen LogP contribution in [0.15, 0.2) is 97.8 Å². The number of hydrogen-bond acceptors (Lipinski definition) is 8. The van der Waals surface area contributed by atoms with Gasteiger partial charge in [0.2, 0.25) is 0 Å². The number of esters is 3. The molecule has 0 aliphatic rings. The molecule has 0 unspecified atom stereocenters. The van der Waals surface area contributed by atoms with Crippen molar-refractivity contribution < 1.29 is 38.1 Å². The maximum Gasteiger partial charge on any atom is 0.343 e. The predicted molar refractivity (Wildman–Crippen MR) is 150 cm³/mol. The van der Waals surface area contributed by atoms with Crippen LogP contribution in [0.2, 0.25) is 0 Å². The van der Waals surface area contributed by atoms with Gasteiger partial charge in [-0.15, -0.1) is 0 Å². The third-order valence-electron chi connectivity index (χ3n) is 5.49. The molecule has 8 nitrogen and oxygen atoms in total. The van der Waals surface area contributed by atoms with Crippen LogP contribution in [0.5, 0.6) is 17.2 Å². The first kappa shape index (κ1) is 29.7. The molecule has 0 aromatic heterocycles. The minimum absolute atomic E-state index is 0.234. The van der Waals surface area contributed by atoms with Gasteiger partial charge < -0.3 is 23.7 Å². The van der Waals surface area contributed by atoms with E-state index in [1.54, 1.807) is 43.3 Å². The van der Waals surface area contributed by atoms with Gasteiger partial charge in [-0.1, -0.05) is 37.4 Å². The van der Waals surface area contributed by atoms with Gasteiger partial charge in [0.05, 0.1) is 31.6 Å². The van der Waals surface area contributed by atoms with Gasteiger partial charge in [-0.05, 0) is 73.0 Å². The Kier molecular flexibility index (Phi) is 11.5. The van der Waals surface area contributed by atoms with Crippen molar-refractivity contribution in [1.29, 1.82) is 0 Å². The smallest absolute Gasteiger partial charge is 0.343 e. The van der Waals surface area contributed by atoms with Crippen molar-refractivity contribution in [3.05, 3.63) is 103 Å². The van der Waals surface area contributed by atoms with E-state index < -0.39 is 11.9 Å². The molecule has 0 aliphatic heterocycles. The Morgan fingerprint density at radius 2 is 1.25 bits per heavy atom. The molecule has 208 valence electrons. The second kappa shape index (κ2) is 15.5. The Labute approximate surface area is 233 Å². The van der Waals surface area contributed by atoms with Crippen LogP contribution in [0, 0.1) is 0 Å². The summed E-state index contributed by atoms with van der Waals surface area (Å²) in [5, 5.41) is 0. The SMILES string of the molecule is C=COC(=O)CCCOc1ccc(OC(=O)c2ccc(-c3ccc(OCCCOC(=O)C(=C)C)cc3)cc2)cc1. The minimum atomic E-state index is -0.473. The summed E-state index contributed by atoms with van der Waals surface area (Å²) in [7, 11) is 0. The molecule has 0 saturated heterocycles. The summed E-state index contributed by atoms with van der Waals surface area (Å²) in [6.07, 6.45) is 2.42. The van der Waals surface area contributed by atoms with Crippen LogP contribution in [-0.2, 0) is 19.1 Å². The molecule has 3 aromatic rings. The molecular formula is C32H32O8. The second-order valence-electron chi connectivity index (χ2n) is 8.69. The summed E-state index contributed by atoms with van der Waals surface area (Å²) in [5.74, 6) is 0.466. The van der Waals surface area contributed by atoms with Gasteiger partial charge >= 0.3 is 17.9 Å². The van der Waals surface area contributed by atoms with E-state index in [-0.39, 0.29) is 19.0 Å². The first-order valence-corrected chi connectivity index (χ1v) is 12.8. The van der Waals surface area contributed by atoms with Crippen molar-refractivity contribution in [2.75, 3.05) is 19.8 Å². The van der Waals surface area contributed by atoms with E-state index in [4.69, 9.17) is 18.9 Å². The van der Waals surface area contributed by atoms with E-state index in [0.717, 1.165) is 17.4 Å². The summed E-state index contributed by atoms with van der Waals surface area (Å²) < 4.78 is 26.4. The standard InChI is InChI=1S/C32H32O8/c1-4-36-30(33)7-5-20-37-28-16-18-29(19-17-28)40-32(35)26-10-8-24(9-11-26)25-12-14-27(15-13-25)38-21-6-22-39-31(34)23(2)3/h4,8-19H,1-2,5-7,20-22H2,3H3. The van der Waals surface area contributed by atoms with E-state index in [1.165, 1.54) is 0 Å². The van der Waals surface area contributed by atoms with Gasteiger partial charge in [-0.25, -0.2) is 9.59 Å². The van der Waals surface area contributed by atoms with Gasteiger partial charge in [0, 0.05) is 18.4 Å². The van der Waals surface area contributed by atoms with E-state index in [1.807, 2.05) is 36.4 Å². The van der Waals surface area contributed by atoms with Crippen molar-refractivity contribution >= 4 is 17.9 Å². The normalized spacial score (nSPS) is 10.2. The molecule has 3 aromatic carbocycles. The zero-order valence-electron chi connectivity index (χ0n) is 22.4. The minimum Gasteiger partial charge on any atom is -0.494 e. The lowest BCUT2D eigenvalue weighted by Crippen LogP contribution is -2.09. The number of hydrogen-bond donors (Lipinski definition) is 0. The summed E-state index contributed by atoms with van der Waals surface area (Å²) in [6.45, 7) is 9.53. The molecule has 0 amide bonds. The summed E-state index contributed by atoms with van der Waals surface area (Å²) >= 11 is 0. The Morgan fingerprint density at radius 1 is 0.725 bits per heavy atom. The average molecular weight is 545 g/mol. The zero-order valence-corrected chi connectivity index (χ0v) is 22.4. The highest BCUT2D eigenvalue weighted by molar-refractivity contribution is 5.91. The van der Waals surface area contributed by atoms with E-state index in [0.29, 0.717) is 54.4 Å². The molecule has 0 N–H and O–H groups in total. The van der Waals surface area contributed by atoms with E-state index in [2.05, 4.69) is 17.9 Å². The van der Waals surface area contributed by atoms with Crippen LogP contribution in [0.25, 0.3) is 11.1 Å². The predicted octanol–water partition coefficient (Wildman–Crippen LogP) is 6.31. The van der Waals surface area contributed by atoms with Crippen LogP contribution in [0.4, 0.5) is 0 Å². The summed E-state index contributed by atoms with van der Waals surface area (Å²) in [6, 6.07) is 21.4. The molecule has 3 rings (SSSR count). The lowest BCUT2D eigenvalue weighted by atomic mass is 10.0. The Morgan fingerprint density at radius 3 is 1.82 bits per heavy atom. The lowest BCUT2D eigenvalue weighted by molar-refractivity contribution is -0.139. The van der Waals surface area contributed by atoms with Crippen molar-refractivity contribution in [3.63, 3.8) is 0 Å². The lowest BCUT2D eigenvalue weighted by Gasteiger charge is -2.09. The van der Waals surface area contributed by atoms with Crippen molar-refractivity contribution in [2.45, 2.75) is 26.2 Å². The average Bonchev–Trinajstić information content (AvgIpc) is 2.96. The van der Waals surface area contributed by atoms with E-state index >= 15 is 0 Å². The van der Waals surface area contributed by atoms with Gasteiger partial charge in [-0.3, -0.25) is 4.79 Å². The maximum absolute atomic E-state index is 12.6. The molecule has 0 aliphatic carbocycles. The van der Waals surface area contributed by atoms with Gasteiger partial charge in [0.1, 0.15) is 17.2 Å². The summed E-state index contributed by atoms with van der Waals surface area (Å²) in [4.78, 5) is 35.2. The van der Waals surface area contributed by atoms with Crippen molar-refractivity contribution in [2.24, 2.45) is 0 Å². The highest BCUT2D eigenvalue weighted by Crippen LogP contribution is 2.24. The van der Waals surface area contributed by atoms with Crippen molar-refractivity contribution in [3.8, 4) is 28.4 Å². The van der Waals surface area contributed by atoms with Crippen LogP contribution in [0.3, 0.4) is 0 Å². The molecule has 0 fully saturated rings. The molecule has 40 heavy (non-hydrogen) atoms. The van der Waals surface area contributed by atoms with Gasteiger partial charge in [0.25, 0.3) is 0 Å². The zero-order chi connectivity index (χ0) is 28.7. The molecule has 0 bridgehead atoms. The van der Waals surface area contributed by atoms with Crippen LogP contribution < -0.4 is 14.2 Å². The Hall–Kier alpha value is -4.85. The van der Waals surface area contributed by atoms with Crippen LogP contribution in [0.1, 0.15) is 36.5 Å². The third kappa shape index (κ3) is 9.79. The monoisotopic (exact) mass is 544 g/mol.